The Kier molecular flexibility index (Phi) is 3.03. The van der Waals surface area contributed by atoms with Crippen molar-refractivity contribution in [2.24, 2.45) is 0 Å². The van der Waals surface area contributed by atoms with Gasteiger partial charge in [-0.15, -0.1) is 5.10 Å². The molecule has 4 nitrogen and oxygen atoms in total. The van der Waals surface area contributed by atoms with Crippen LogP contribution >= 0.6 is 0 Å². The highest BCUT2D eigenvalue weighted by Crippen LogP contribution is 2.39. The van der Waals surface area contributed by atoms with Crippen LogP contribution in [0.3, 0.4) is 0 Å². The maximum absolute atomic E-state index is 13.3. The summed E-state index contributed by atoms with van der Waals surface area (Å²) >= 11 is 0. The van der Waals surface area contributed by atoms with E-state index in [2.05, 4.69) is 22.3 Å². The summed E-state index contributed by atoms with van der Waals surface area (Å²) in [5, 5.41) is 8.52. The Labute approximate surface area is 123 Å². The predicted octanol–water partition coefficient (Wildman–Crippen LogP) is 2.88. The highest BCUT2D eigenvalue weighted by atomic mass is 19.1. The Morgan fingerprint density at radius 2 is 1.90 bits per heavy atom. The first-order chi connectivity index (χ1) is 10.2. The van der Waals surface area contributed by atoms with Crippen LogP contribution in [0.25, 0.3) is 11.3 Å². The van der Waals surface area contributed by atoms with E-state index in [0.29, 0.717) is 18.1 Å². The summed E-state index contributed by atoms with van der Waals surface area (Å²) in [6.07, 6.45) is 6.83. The first-order valence-electron chi connectivity index (χ1n) is 7.60. The zero-order valence-electron chi connectivity index (χ0n) is 12.1. The Balaban J connectivity index is 1.58. The monoisotopic (exact) mass is 286 g/mol. The minimum Gasteiger partial charge on any atom is -0.300 e. The SMILES string of the molecule is CN1[C@@H]2CC[C@H]1C[C@@H](n1cc(-c3cccc(F)c3)nn1)C2. The van der Waals surface area contributed by atoms with Crippen molar-refractivity contribution in [2.45, 2.75) is 43.8 Å². The maximum Gasteiger partial charge on any atom is 0.123 e. The minimum absolute atomic E-state index is 0.237. The molecule has 5 heteroatoms. The fourth-order valence-corrected chi connectivity index (χ4v) is 3.83. The Morgan fingerprint density at radius 3 is 2.62 bits per heavy atom. The van der Waals surface area contributed by atoms with E-state index >= 15 is 0 Å². The van der Waals surface area contributed by atoms with E-state index in [0.717, 1.165) is 24.1 Å². The van der Waals surface area contributed by atoms with Crippen LogP contribution in [0, 0.1) is 5.82 Å². The van der Waals surface area contributed by atoms with Crippen LogP contribution in [-0.4, -0.2) is 39.0 Å². The molecule has 0 amide bonds. The molecule has 0 spiro atoms. The summed E-state index contributed by atoms with van der Waals surface area (Å²) in [6, 6.07) is 8.31. The number of aromatic nitrogens is 3. The summed E-state index contributed by atoms with van der Waals surface area (Å²) in [5.74, 6) is -0.237. The molecule has 0 saturated carbocycles. The Morgan fingerprint density at radius 1 is 1.14 bits per heavy atom. The minimum atomic E-state index is -0.237. The molecule has 0 aliphatic carbocycles. The normalized spacial score (nSPS) is 29.0. The molecule has 21 heavy (non-hydrogen) atoms. The zero-order valence-corrected chi connectivity index (χ0v) is 12.1. The molecule has 2 bridgehead atoms. The molecule has 2 aliphatic rings. The van der Waals surface area contributed by atoms with Gasteiger partial charge in [0.2, 0.25) is 0 Å². The van der Waals surface area contributed by atoms with E-state index in [9.17, 15) is 4.39 Å². The lowest BCUT2D eigenvalue weighted by Gasteiger charge is -2.36. The van der Waals surface area contributed by atoms with Gasteiger partial charge in [0.25, 0.3) is 0 Å². The van der Waals surface area contributed by atoms with Crippen molar-refractivity contribution in [1.29, 1.82) is 0 Å². The molecule has 0 radical (unpaired) electrons. The largest absolute Gasteiger partial charge is 0.300 e. The van der Waals surface area contributed by atoms with Gasteiger partial charge < -0.3 is 4.90 Å². The summed E-state index contributed by atoms with van der Waals surface area (Å²) in [4.78, 5) is 2.51. The van der Waals surface area contributed by atoms with Gasteiger partial charge in [-0.2, -0.15) is 0 Å². The van der Waals surface area contributed by atoms with Gasteiger partial charge in [0, 0.05) is 17.6 Å². The van der Waals surface area contributed by atoms with Gasteiger partial charge in [-0.05, 0) is 44.9 Å². The lowest BCUT2D eigenvalue weighted by atomic mass is 9.98. The second-order valence-corrected chi connectivity index (χ2v) is 6.27. The van der Waals surface area contributed by atoms with E-state index in [1.807, 2.05) is 16.9 Å². The molecule has 3 heterocycles. The highest BCUT2D eigenvalue weighted by molar-refractivity contribution is 5.57. The quantitative estimate of drug-likeness (QED) is 0.851. The number of piperidine rings is 1. The van der Waals surface area contributed by atoms with Crippen molar-refractivity contribution in [3.8, 4) is 11.3 Å². The zero-order chi connectivity index (χ0) is 14.4. The summed E-state index contributed by atoms with van der Waals surface area (Å²) in [5.41, 5.74) is 1.54. The van der Waals surface area contributed by atoms with Crippen molar-refractivity contribution >= 4 is 0 Å². The average molecular weight is 286 g/mol. The molecule has 0 unspecified atom stereocenters. The first kappa shape index (κ1) is 13.0. The second kappa shape index (κ2) is 4.91. The number of hydrogen-bond acceptors (Lipinski definition) is 3. The van der Waals surface area contributed by atoms with E-state index in [1.165, 1.54) is 25.0 Å². The number of halogens is 1. The highest BCUT2D eigenvalue weighted by Gasteiger charge is 2.39. The smallest absolute Gasteiger partial charge is 0.123 e. The van der Waals surface area contributed by atoms with Crippen molar-refractivity contribution in [3.63, 3.8) is 0 Å². The van der Waals surface area contributed by atoms with Gasteiger partial charge in [0.1, 0.15) is 11.5 Å². The molecule has 1 aromatic heterocycles. The van der Waals surface area contributed by atoms with Gasteiger partial charge in [-0.25, -0.2) is 9.07 Å². The third-order valence-electron chi connectivity index (χ3n) is 5.08. The predicted molar refractivity (Wildman–Crippen MR) is 78.3 cm³/mol. The number of fused-ring (bicyclic) bond motifs is 2. The molecular weight excluding hydrogens is 267 g/mol. The van der Waals surface area contributed by atoms with Gasteiger partial charge in [-0.3, -0.25) is 0 Å². The van der Waals surface area contributed by atoms with Gasteiger partial charge >= 0.3 is 0 Å². The Hall–Kier alpha value is -1.75. The van der Waals surface area contributed by atoms with Crippen LogP contribution in [0.15, 0.2) is 30.5 Å². The molecule has 1 aromatic carbocycles. The number of hydrogen-bond donors (Lipinski definition) is 0. The van der Waals surface area contributed by atoms with E-state index in [1.54, 1.807) is 6.07 Å². The summed E-state index contributed by atoms with van der Waals surface area (Å²) in [6.45, 7) is 0. The molecule has 2 saturated heterocycles. The first-order valence-corrected chi connectivity index (χ1v) is 7.60. The van der Waals surface area contributed by atoms with Crippen LogP contribution in [0.5, 0.6) is 0 Å². The fourth-order valence-electron chi connectivity index (χ4n) is 3.83. The van der Waals surface area contributed by atoms with E-state index < -0.39 is 0 Å². The van der Waals surface area contributed by atoms with Crippen LogP contribution in [0.1, 0.15) is 31.7 Å². The third kappa shape index (κ3) is 2.25. The Bertz CT molecular complexity index is 639. The van der Waals surface area contributed by atoms with Gasteiger partial charge in [0.15, 0.2) is 0 Å². The van der Waals surface area contributed by atoms with Crippen molar-refractivity contribution in [1.82, 2.24) is 19.9 Å². The molecule has 4 rings (SSSR count). The van der Waals surface area contributed by atoms with Crippen molar-refractivity contribution in [2.75, 3.05) is 7.05 Å². The number of rotatable bonds is 2. The van der Waals surface area contributed by atoms with Gasteiger partial charge in [0.05, 0.1) is 12.2 Å². The van der Waals surface area contributed by atoms with E-state index in [4.69, 9.17) is 0 Å². The van der Waals surface area contributed by atoms with Crippen LogP contribution in [0.2, 0.25) is 0 Å². The van der Waals surface area contributed by atoms with Crippen LogP contribution < -0.4 is 0 Å². The molecular formula is C16H19FN4. The molecule has 0 N–H and O–H groups in total. The van der Waals surface area contributed by atoms with Crippen LogP contribution in [0.4, 0.5) is 4.39 Å². The lowest BCUT2D eigenvalue weighted by Crippen LogP contribution is -2.40. The topological polar surface area (TPSA) is 34.0 Å². The van der Waals surface area contributed by atoms with E-state index in [-0.39, 0.29) is 5.82 Å². The fraction of sp³-hybridized carbons (Fsp3) is 0.500. The van der Waals surface area contributed by atoms with Crippen molar-refractivity contribution < 1.29 is 4.39 Å². The molecule has 2 fully saturated rings. The molecule has 2 aromatic rings. The maximum atomic E-state index is 13.3. The second-order valence-electron chi connectivity index (χ2n) is 6.27. The molecule has 3 atom stereocenters. The third-order valence-corrected chi connectivity index (χ3v) is 5.08. The summed E-state index contributed by atoms with van der Waals surface area (Å²) < 4.78 is 15.3. The van der Waals surface area contributed by atoms with Crippen LogP contribution in [-0.2, 0) is 0 Å². The standard InChI is InChI=1S/C16H19FN4/c1-20-13-5-6-14(20)9-15(8-13)21-10-16(18-19-21)11-3-2-4-12(17)7-11/h2-4,7,10,13-15H,5-6,8-9H2,1H3/t13-,14+,15+. The molecule has 2 aliphatic heterocycles. The average Bonchev–Trinajstić information content (AvgIpc) is 3.02. The molecule has 110 valence electrons. The van der Waals surface area contributed by atoms with Gasteiger partial charge in [-0.1, -0.05) is 17.3 Å². The number of benzene rings is 1. The van der Waals surface area contributed by atoms with Crippen molar-refractivity contribution in [3.05, 3.63) is 36.3 Å². The lowest BCUT2D eigenvalue weighted by molar-refractivity contribution is 0.130. The summed E-state index contributed by atoms with van der Waals surface area (Å²) in [7, 11) is 2.23. The number of nitrogens with zero attached hydrogens (tertiary/aromatic N) is 4.